The summed E-state index contributed by atoms with van der Waals surface area (Å²) in [5.41, 5.74) is 3.69. The SMILES string of the molecule is CC(C)[Si](OC(=O)N(CCc1cn(C(c2ccccc2)(c2ccccc2)c2ccccc2)cn1)C1CCN(C(=O)OC(C)(C)C)C1)(C(C)C)C(C)C. The first-order valence-electron chi connectivity index (χ1n) is 18.9. The van der Waals surface area contributed by atoms with Crippen molar-refractivity contribution in [2.75, 3.05) is 19.6 Å². The standard InChI is InChI=1S/C43H58N4O4Si/c1-32(2)52(33(3)4,34(5)6)51-41(49)47(39-26-27-45(30-39)40(48)50-42(7,8)9)28-25-38-29-46(31-44-38)43(35-19-13-10-14-20-35,36-21-15-11-16-22-36)37-23-17-12-18-24-37/h10-24,29,31-34,39H,25-28,30H2,1-9H3. The molecule has 1 aliphatic rings. The first-order chi connectivity index (χ1) is 24.7. The molecule has 1 saturated heterocycles. The van der Waals surface area contributed by atoms with Gasteiger partial charge in [-0.15, -0.1) is 0 Å². The van der Waals surface area contributed by atoms with Crippen LogP contribution in [0.4, 0.5) is 9.59 Å². The van der Waals surface area contributed by atoms with Crippen LogP contribution in [0.1, 0.15) is 91.1 Å². The summed E-state index contributed by atoms with van der Waals surface area (Å²) >= 11 is 0. The molecule has 4 aromatic rings. The topological polar surface area (TPSA) is 76.9 Å². The maximum atomic E-state index is 14.5. The van der Waals surface area contributed by atoms with Crippen LogP contribution in [0.15, 0.2) is 104 Å². The lowest BCUT2D eigenvalue weighted by Gasteiger charge is -2.43. The number of imidazole rings is 1. The lowest BCUT2D eigenvalue weighted by Crippen LogP contribution is -2.54. The molecule has 8 nitrogen and oxygen atoms in total. The predicted octanol–water partition coefficient (Wildman–Crippen LogP) is 9.89. The fourth-order valence-electron chi connectivity index (χ4n) is 8.37. The van der Waals surface area contributed by atoms with E-state index >= 15 is 0 Å². The number of amides is 2. The lowest BCUT2D eigenvalue weighted by molar-refractivity contribution is 0.0279. The Morgan fingerprint density at radius 2 is 1.29 bits per heavy atom. The molecule has 5 rings (SSSR count). The number of aromatic nitrogens is 2. The minimum atomic E-state index is -2.53. The van der Waals surface area contributed by atoms with E-state index in [9.17, 15) is 9.59 Å². The second-order valence-electron chi connectivity index (χ2n) is 16.1. The largest absolute Gasteiger partial charge is 0.503 e. The predicted molar refractivity (Wildman–Crippen MR) is 211 cm³/mol. The number of nitrogens with zero attached hydrogens (tertiary/aromatic N) is 4. The molecule has 0 saturated carbocycles. The van der Waals surface area contributed by atoms with Gasteiger partial charge in [0, 0.05) is 32.3 Å². The van der Waals surface area contributed by atoms with Gasteiger partial charge in [-0.1, -0.05) is 133 Å². The van der Waals surface area contributed by atoms with E-state index in [1.807, 2.05) is 50.2 Å². The van der Waals surface area contributed by atoms with Crippen molar-refractivity contribution in [3.63, 3.8) is 0 Å². The maximum absolute atomic E-state index is 14.5. The Balaban J connectivity index is 1.50. The molecule has 0 bridgehead atoms. The van der Waals surface area contributed by atoms with Crippen molar-refractivity contribution in [1.82, 2.24) is 19.4 Å². The van der Waals surface area contributed by atoms with Crippen molar-refractivity contribution in [3.05, 3.63) is 126 Å². The van der Waals surface area contributed by atoms with Crippen LogP contribution < -0.4 is 0 Å². The van der Waals surface area contributed by atoms with Crippen LogP contribution in [0, 0.1) is 0 Å². The van der Waals surface area contributed by atoms with Crippen LogP contribution in [0.2, 0.25) is 16.6 Å². The summed E-state index contributed by atoms with van der Waals surface area (Å²) in [4.78, 5) is 36.1. The average Bonchev–Trinajstić information content (AvgIpc) is 3.79. The molecule has 1 aliphatic heterocycles. The third-order valence-corrected chi connectivity index (χ3v) is 16.6. The highest BCUT2D eigenvalue weighted by Crippen LogP contribution is 2.43. The van der Waals surface area contributed by atoms with Gasteiger partial charge in [-0.25, -0.2) is 14.6 Å². The highest BCUT2D eigenvalue weighted by Gasteiger charge is 2.50. The number of carbonyl (C=O) groups is 2. The van der Waals surface area contributed by atoms with E-state index in [2.05, 4.69) is 125 Å². The molecule has 1 atom stereocenters. The summed E-state index contributed by atoms with van der Waals surface area (Å²) in [5.74, 6) is 0. The molecule has 9 heteroatoms. The van der Waals surface area contributed by atoms with Crippen LogP contribution in [-0.2, 0) is 21.1 Å². The smallest absolute Gasteiger partial charge is 0.410 e. The van der Waals surface area contributed by atoms with Gasteiger partial charge in [0.25, 0.3) is 8.32 Å². The molecule has 1 fully saturated rings. The number of rotatable bonds is 12. The zero-order valence-corrected chi connectivity index (χ0v) is 33.6. The molecule has 0 aliphatic carbocycles. The quantitative estimate of drug-likeness (QED) is 0.108. The summed E-state index contributed by atoms with van der Waals surface area (Å²) in [6, 6.07) is 31.4. The molecule has 0 radical (unpaired) electrons. The fourth-order valence-corrected chi connectivity index (χ4v) is 13.5. The van der Waals surface area contributed by atoms with Gasteiger partial charge in [0.1, 0.15) is 11.1 Å². The number of likely N-dealkylation sites (tertiary alicyclic amines) is 1. The van der Waals surface area contributed by atoms with E-state index in [1.54, 1.807) is 4.90 Å². The number of ether oxygens (including phenoxy) is 1. The normalized spacial score (nSPS) is 15.4. The summed E-state index contributed by atoms with van der Waals surface area (Å²) < 4.78 is 14.7. The van der Waals surface area contributed by atoms with E-state index in [0.29, 0.717) is 32.5 Å². The Hall–Kier alpha value is -4.37. The van der Waals surface area contributed by atoms with E-state index in [-0.39, 0.29) is 34.9 Å². The Labute approximate surface area is 312 Å². The molecule has 0 N–H and O–H groups in total. The Morgan fingerprint density at radius 1 is 0.808 bits per heavy atom. The van der Waals surface area contributed by atoms with Crippen LogP contribution >= 0.6 is 0 Å². The maximum Gasteiger partial charge on any atom is 0.410 e. The minimum absolute atomic E-state index is 0.197. The van der Waals surface area contributed by atoms with Crippen molar-refractivity contribution >= 4 is 20.5 Å². The number of hydrogen-bond donors (Lipinski definition) is 0. The number of benzene rings is 3. The molecular formula is C43H58N4O4Si. The second-order valence-corrected chi connectivity index (χ2v) is 21.5. The Morgan fingerprint density at radius 3 is 1.73 bits per heavy atom. The van der Waals surface area contributed by atoms with Crippen molar-refractivity contribution in [2.45, 2.75) is 109 Å². The first kappa shape index (κ1) is 38.8. The van der Waals surface area contributed by atoms with Gasteiger partial charge >= 0.3 is 12.2 Å². The second kappa shape index (κ2) is 16.1. The third-order valence-electron chi connectivity index (χ3n) is 10.7. The number of carbonyl (C=O) groups excluding carboxylic acids is 2. The van der Waals surface area contributed by atoms with Crippen LogP contribution in [-0.4, -0.2) is 71.1 Å². The molecule has 2 amide bonds. The van der Waals surface area contributed by atoms with Gasteiger partial charge in [0.2, 0.25) is 0 Å². The summed E-state index contributed by atoms with van der Waals surface area (Å²) in [5, 5.41) is 0. The van der Waals surface area contributed by atoms with E-state index in [1.165, 1.54) is 0 Å². The monoisotopic (exact) mass is 722 g/mol. The zero-order valence-electron chi connectivity index (χ0n) is 32.6. The van der Waals surface area contributed by atoms with Gasteiger partial charge in [0.05, 0.1) is 18.1 Å². The Bertz CT molecular complexity index is 1630. The molecule has 3 aromatic carbocycles. The van der Waals surface area contributed by atoms with Crippen molar-refractivity contribution in [2.24, 2.45) is 0 Å². The highest BCUT2D eigenvalue weighted by molar-refractivity contribution is 6.78. The molecule has 2 heterocycles. The van der Waals surface area contributed by atoms with E-state index in [4.69, 9.17) is 14.1 Å². The highest BCUT2D eigenvalue weighted by atomic mass is 28.4. The molecule has 1 unspecified atom stereocenters. The lowest BCUT2D eigenvalue weighted by atomic mass is 9.77. The average molecular weight is 723 g/mol. The summed E-state index contributed by atoms with van der Waals surface area (Å²) in [6.45, 7) is 20.1. The third kappa shape index (κ3) is 7.99. The van der Waals surface area contributed by atoms with Crippen LogP contribution in [0.25, 0.3) is 0 Å². The molecular weight excluding hydrogens is 665 g/mol. The van der Waals surface area contributed by atoms with Gasteiger partial charge < -0.3 is 23.5 Å². The molecule has 278 valence electrons. The van der Waals surface area contributed by atoms with Crippen molar-refractivity contribution in [3.8, 4) is 0 Å². The van der Waals surface area contributed by atoms with Gasteiger partial charge in [0.15, 0.2) is 0 Å². The van der Waals surface area contributed by atoms with Crippen molar-refractivity contribution in [1.29, 1.82) is 0 Å². The molecule has 0 spiro atoms. The Kier molecular flexibility index (Phi) is 12.0. The minimum Gasteiger partial charge on any atom is -0.503 e. The van der Waals surface area contributed by atoms with Crippen LogP contribution in [0.3, 0.4) is 0 Å². The fraction of sp³-hybridized carbons (Fsp3) is 0.465. The molecule has 52 heavy (non-hydrogen) atoms. The van der Waals surface area contributed by atoms with Gasteiger partial charge in [-0.2, -0.15) is 0 Å². The van der Waals surface area contributed by atoms with E-state index in [0.717, 1.165) is 22.4 Å². The number of hydrogen-bond acceptors (Lipinski definition) is 5. The van der Waals surface area contributed by atoms with E-state index < -0.39 is 19.5 Å². The van der Waals surface area contributed by atoms with Gasteiger partial charge in [-0.05, 0) is 60.5 Å². The first-order valence-corrected chi connectivity index (χ1v) is 21.0. The summed E-state index contributed by atoms with van der Waals surface area (Å²) in [7, 11) is -2.53. The summed E-state index contributed by atoms with van der Waals surface area (Å²) in [6.07, 6.45) is 4.58. The zero-order chi connectivity index (χ0) is 37.7. The van der Waals surface area contributed by atoms with Crippen LogP contribution in [0.5, 0.6) is 0 Å². The van der Waals surface area contributed by atoms with Gasteiger partial charge in [-0.3, -0.25) is 0 Å². The van der Waals surface area contributed by atoms with Crippen molar-refractivity contribution < 1.29 is 18.8 Å². The molecule has 1 aromatic heterocycles.